The zero-order valence-electron chi connectivity index (χ0n) is 24.4. The Balaban J connectivity index is 1.81. The number of rotatable bonds is 8. The first-order valence-electron chi connectivity index (χ1n) is 14.0. The van der Waals surface area contributed by atoms with Gasteiger partial charge in [-0.2, -0.15) is 0 Å². The molecule has 39 heavy (non-hydrogen) atoms. The van der Waals surface area contributed by atoms with Crippen LogP contribution in [-0.4, -0.2) is 72.1 Å². The standard InChI is InChI=1S/C29H45N3O7/c1-9-11-14-32-16-19(30-31-32)17-37-21-12-13-25(4,5)23-22(38-18(3)33)24(35)28(8)29(36,27(21,23)7)20(34)15-26(6,10-2)39-28/h10,16,21-24,35-36H,2,9,11-15,17H2,1,3-8H3/t21-,22-,23-,24-,26-,27-,28+,29-/m0/s1. The zero-order chi connectivity index (χ0) is 29.0. The average Bonchev–Trinajstić information content (AvgIpc) is 3.30. The van der Waals surface area contributed by atoms with Crippen LogP contribution in [0.5, 0.6) is 0 Å². The molecule has 10 nitrogen and oxygen atoms in total. The van der Waals surface area contributed by atoms with Crippen molar-refractivity contribution < 1.29 is 34.0 Å². The van der Waals surface area contributed by atoms with Crippen LogP contribution in [0.2, 0.25) is 0 Å². The molecule has 0 radical (unpaired) electrons. The number of aliphatic hydroxyl groups is 2. The van der Waals surface area contributed by atoms with Gasteiger partial charge in [0.15, 0.2) is 11.4 Å². The van der Waals surface area contributed by atoms with Gasteiger partial charge in [-0.1, -0.05) is 45.4 Å². The van der Waals surface area contributed by atoms with Crippen LogP contribution in [0.4, 0.5) is 0 Å². The molecule has 1 saturated heterocycles. The van der Waals surface area contributed by atoms with Crippen molar-refractivity contribution in [2.24, 2.45) is 16.7 Å². The maximum Gasteiger partial charge on any atom is 0.303 e. The number of unbranched alkanes of at least 4 members (excludes halogenated alkanes) is 1. The molecule has 3 aliphatic rings. The van der Waals surface area contributed by atoms with E-state index in [0.717, 1.165) is 19.4 Å². The number of Topliss-reactive ketones (excluding diaryl/α,β-unsaturated/α-hetero) is 1. The predicted molar refractivity (Wildman–Crippen MR) is 142 cm³/mol. The van der Waals surface area contributed by atoms with Crippen molar-refractivity contribution >= 4 is 11.8 Å². The van der Waals surface area contributed by atoms with E-state index in [1.165, 1.54) is 19.9 Å². The molecule has 0 unspecified atom stereocenters. The number of hydrogen-bond donors (Lipinski definition) is 2. The van der Waals surface area contributed by atoms with Crippen LogP contribution >= 0.6 is 0 Å². The van der Waals surface area contributed by atoms with E-state index in [9.17, 15) is 19.8 Å². The number of esters is 1. The van der Waals surface area contributed by atoms with Crippen molar-refractivity contribution in [1.82, 2.24) is 15.0 Å². The van der Waals surface area contributed by atoms with E-state index in [4.69, 9.17) is 14.2 Å². The van der Waals surface area contributed by atoms with Crippen LogP contribution in [-0.2, 0) is 37.0 Å². The van der Waals surface area contributed by atoms with E-state index in [-0.39, 0.29) is 13.0 Å². The first-order chi connectivity index (χ1) is 18.1. The highest BCUT2D eigenvalue weighted by atomic mass is 16.6. The van der Waals surface area contributed by atoms with Crippen molar-refractivity contribution in [3.8, 4) is 0 Å². The number of aryl methyl sites for hydroxylation is 1. The molecule has 4 rings (SSSR count). The van der Waals surface area contributed by atoms with Gasteiger partial charge in [0, 0.05) is 31.2 Å². The summed E-state index contributed by atoms with van der Waals surface area (Å²) >= 11 is 0. The highest BCUT2D eigenvalue weighted by molar-refractivity contribution is 5.92. The Kier molecular flexibility index (Phi) is 7.69. The summed E-state index contributed by atoms with van der Waals surface area (Å²) in [6.07, 6.45) is 3.31. The van der Waals surface area contributed by atoms with E-state index < -0.39 is 63.6 Å². The van der Waals surface area contributed by atoms with Gasteiger partial charge in [0.25, 0.3) is 0 Å². The fourth-order valence-electron chi connectivity index (χ4n) is 7.85. The fourth-order valence-corrected chi connectivity index (χ4v) is 7.85. The minimum atomic E-state index is -2.15. The van der Waals surface area contributed by atoms with Gasteiger partial charge >= 0.3 is 5.97 Å². The summed E-state index contributed by atoms with van der Waals surface area (Å²) in [6.45, 7) is 17.2. The SMILES string of the molecule is C=C[C@@]1(C)CC(=O)[C@]2(O)[C@@]3(C)[C@@H](OCc4cn(CCCC)nn4)CCC(C)(C)[C@@H]3[C@H](OC(C)=O)[C@H](O)[C@@]2(C)O1. The van der Waals surface area contributed by atoms with Crippen LogP contribution in [0.15, 0.2) is 18.9 Å². The quantitative estimate of drug-likeness (QED) is 0.372. The molecule has 1 aromatic rings. The molecule has 2 N–H and O–H groups in total. The highest BCUT2D eigenvalue weighted by Gasteiger charge is 2.81. The first-order valence-corrected chi connectivity index (χ1v) is 14.0. The minimum Gasteiger partial charge on any atom is -0.459 e. The summed E-state index contributed by atoms with van der Waals surface area (Å²) in [4.78, 5) is 26.5. The Morgan fingerprint density at radius 2 is 2.00 bits per heavy atom. The summed E-state index contributed by atoms with van der Waals surface area (Å²) in [5.41, 5.74) is -6.25. The molecular formula is C29H45N3O7. The topological polar surface area (TPSA) is 133 Å². The molecule has 10 heteroatoms. The third-order valence-corrected chi connectivity index (χ3v) is 9.76. The van der Waals surface area contributed by atoms with Crippen molar-refractivity contribution in [3.05, 3.63) is 24.5 Å². The number of carbonyl (C=O) groups excluding carboxylic acids is 2. The lowest BCUT2D eigenvalue weighted by Gasteiger charge is -2.71. The molecule has 0 spiro atoms. The molecule has 2 saturated carbocycles. The van der Waals surface area contributed by atoms with E-state index in [0.29, 0.717) is 18.5 Å². The number of aliphatic hydroxyl groups excluding tert-OH is 1. The van der Waals surface area contributed by atoms with Crippen molar-refractivity contribution in [2.75, 3.05) is 0 Å². The Hall–Kier alpha value is -2.14. The number of hydrogen-bond acceptors (Lipinski definition) is 9. The van der Waals surface area contributed by atoms with E-state index >= 15 is 0 Å². The fraction of sp³-hybridized carbons (Fsp3) is 0.793. The number of nitrogens with zero attached hydrogens (tertiary/aromatic N) is 3. The summed E-state index contributed by atoms with van der Waals surface area (Å²) in [6, 6.07) is 0. The molecule has 0 bridgehead atoms. The van der Waals surface area contributed by atoms with Gasteiger partial charge in [-0.25, -0.2) is 0 Å². The Bertz CT molecular complexity index is 1120. The van der Waals surface area contributed by atoms with Crippen molar-refractivity contribution in [3.63, 3.8) is 0 Å². The second-order valence-electron chi connectivity index (χ2n) is 13.0. The van der Waals surface area contributed by atoms with Crippen LogP contribution in [0, 0.1) is 16.7 Å². The maximum absolute atomic E-state index is 14.1. The van der Waals surface area contributed by atoms with Crippen LogP contribution in [0.25, 0.3) is 0 Å². The van der Waals surface area contributed by atoms with Crippen LogP contribution < -0.4 is 0 Å². The molecule has 1 aliphatic heterocycles. The molecule has 1 aromatic heterocycles. The molecule has 0 amide bonds. The van der Waals surface area contributed by atoms with E-state index in [1.54, 1.807) is 11.6 Å². The molecule has 0 aromatic carbocycles. The first kappa shape index (κ1) is 29.8. The summed E-state index contributed by atoms with van der Waals surface area (Å²) in [5.74, 6) is -1.64. The van der Waals surface area contributed by atoms with Gasteiger partial charge in [0.1, 0.15) is 23.5 Å². The normalized spacial score (nSPS) is 41.4. The molecule has 3 fully saturated rings. The monoisotopic (exact) mass is 547 g/mol. The Morgan fingerprint density at radius 3 is 2.62 bits per heavy atom. The molecule has 218 valence electrons. The Labute approximate surface area is 231 Å². The van der Waals surface area contributed by atoms with Gasteiger partial charge in [-0.15, -0.1) is 11.7 Å². The smallest absolute Gasteiger partial charge is 0.303 e. The second kappa shape index (κ2) is 10.0. The molecule has 8 atom stereocenters. The lowest BCUT2D eigenvalue weighted by atomic mass is 9.39. The zero-order valence-corrected chi connectivity index (χ0v) is 24.4. The summed E-state index contributed by atoms with van der Waals surface area (Å²) in [5, 5.41) is 33.0. The second-order valence-corrected chi connectivity index (χ2v) is 13.0. The van der Waals surface area contributed by atoms with Gasteiger partial charge in [0.05, 0.1) is 24.5 Å². The average molecular weight is 548 g/mol. The Morgan fingerprint density at radius 1 is 1.31 bits per heavy atom. The minimum absolute atomic E-state index is 0.116. The molecular weight excluding hydrogens is 502 g/mol. The third-order valence-electron chi connectivity index (χ3n) is 9.76. The number of ketones is 1. The van der Waals surface area contributed by atoms with Gasteiger partial charge < -0.3 is 24.4 Å². The summed E-state index contributed by atoms with van der Waals surface area (Å²) in [7, 11) is 0. The van der Waals surface area contributed by atoms with Crippen LogP contribution in [0.3, 0.4) is 0 Å². The lowest BCUT2D eigenvalue weighted by Crippen LogP contribution is -2.86. The largest absolute Gasteiger partial charge is 0.459 e. The predicted octanol–water partition coefficient (Wildman–Crippen LogP) is 3.14. The van der Waals surface area contributed by atoms with Crippen LogP contribution in [0.1, 0.15) is 86.3 Å². The van der Waals surface area contributed by atoms with Crippen molar-refractivity contribution in [2.45, 2.75) is 129 Å². The molecule has 2 aliphatic carbocycles. The lowest BCUT2D eigenvalue weighted by molar-refractivity contribution is -0.373. The summed E-state index contributed by atoms with van der Waals surface area (Å²) < 4.78 is 20.5. The third kappa shape index (κ3) is 4.47. The number of carbonyl (C=O) groups is 2. The maximum atomic E-state index is 14.1. The van der Waals surface area contributed by atoms with Gasteiger partial charge in [-0.3, -0.25) is 14.3 Å². The number of ether oxygens (including phenoxy) is 3. The molecule has 2 heterocycles. The van der Waals surface area contributed by atoms with E-state index in [2.05, 4.69) is 23.8 Å². The highest BCUT2D eigenvalue weighted by Crippen LogP contribution is 2.67. The van der Waals surface area contributed by atoms with Gasteiger partial charge in [0.2, 0.25) is 0 Å². The number of fused-ring (bicyclic) bond motifs is 3. The number of aromatic nitrogens is 3. The van der Waals surface area contributed by atoms with Gasteiger partial charge in [-0.05, 0) is 38.5 Å². The van der Waals surface area contributed by atoms with Crippen molar-refractivity contribution in [1.29, 1.82) is 0 Å². The van der Waals surface area contributed by atoms with E-state index in [1.807, 2.05) is 27.0 Å².